The number of aryl methyl sites for hydroxylation is 1. The molecule has 3 rings (SSSR count). The summed E-state index contributed by atoms with van der Waals surface area (Å²) in [7, 11) is 0. The van der Waals surface area contributed by atoms with Gasteiger partial charge >= 0.3 is 0 Å². The molecule has 2 heterocycles. The maximum absolute atomic E-state index is 13.9. The number of pyridine rings is 1. The maximum Gasteiger partial charge on any atom is 0.142 e. The Morgan fingerprint density at radius 1 is 1.25 bits per heavy atom. The first-order valence-electron chi connectivity index (χ1n) is 7.51. The SMILES string of the molecule is CCCn1cnc(-c2cc(C#N)ccn2)c1-c1ccc(Cl)c(F)c1. The van der Waals surface area contributed by atoms with Crippen molar-refractivity contribution in [2.45, 2.75) is 19.9 Å². The first-order chi connectivity index (χ1) is 11.6. The minimum Gasteiger partial charge on any atom is -0.330 e. The van der Waals surface area contributed by atoms with Gasteiger partial charge < -0.3 is 4.57 Å². The van der Waals surface area contributed by atoms with E-state index in [-0.39, 0.29) is 5.02 Å². The fourth-order valence-corrected chi connectivity index (χ4v) is 2.67. The van der Waals surface area contributed by atoms with Gasteiger partial charge in [-0.3, -0.25) is 4.98 Å². The summed E-state index contributed by atoms with van der Waals surface area (Å²) in [6.07, 6.45) is 4.19. The van der Waals surface area contributed by atoms with E-state index in [9.17, 15) is 4.39 Å². The number of nitrogens with zero attached hydrogens (tertiary/aromatic N) is 4. The molecule has 0 saturated heterocycles. The van der Waals surface area contributed by atoms with E-state index in [4.69, 9.17) is 16.9 Å². The summed E-state index contributed by atoms with van der Waals surface area (Å²) < 4.78 is 15.9. The summed E-state index contributed by atoms with van der Waals surface area (Å²) in [5.41, 5.74) is 3.12. The van der Waals surface area contributed by atoms with Crippen molar-refractivity contribution in [3.63, 3.8) is 0 Å². The van der Waals surface area contributed by atoms with Crippen LogP contribution in [0.25, 0.3) is 22.6 Å². The molecule has 6 heteroatoms. The Morgan fingerprint density at radius 3 is 2.79 bits per heavy atom. The molecule has 0 atom stereocenters. The summed E-state index contributed by atoms with van der Waals surface area (Å²) in [4.78, 5) is 8.75. The van der Waals surface area contributed by atoms with E-state index in [1.54, 1.807) is 30.7 Å². The average molecular weight is 341 g/mol. The van der Waals surface area contributed by atoms with Crippen LogP contribution in [0.1, 0.15) is 18.9 Å². The number of hydrogen-bond acceptors (Lipinski definition) is 3. The Kier molecular flexibility index (Phi) is 4.59. The lowest BCUT2D eigenvalue weighted by Gasteiger charge is -2.10. The second-order valence-electron chi connectivity index (χ2n) is 5.31. The topological polar surface area (TPSA) is 54.5 Å². The van der Waals surface area contributed by atoms with E-state index in [0.717, 1.165) is 18.7 Å². The van der Waals surface area contributed by atoms with E-state index in [1.165, 1.54) is 12.1 Å². The molecule has 0 fully saturated rings. The number of benzene rings is 1. The quantitative estimate of drug-likeness (QED) is 0.692. The van der Waals surface area contributed by atoms with Crippen LogP contribution in [0.4, 0.5) is 4.39 Å². The van der Waals surface area contributed by atoms with Crippen LogP contribution in [0.15, 0.2) is 42.9 Å². The lowest BCUT2D eigenvalue weighted by Crippen LogP contribution is -1.99. The number of rotatable bonds is 4. The molecule has 0 aliphatic rings. The van der Waals surface area contributed by atoms with Crippen LogP contribution in [0.3, 0.4) is 0 Å². The molecule has 120 valence electrons. The molecule has 3 aromatic rings. The van der Waals surface area contributed by atoms with Gasteiger partial charge in [-0.1, -0.05) is 24.6 Å². The second-order valence-corrected chi connectivity index (χ2v) is 5.71. The lowest BCUT2D eigenvalue weighted by molar-refractivity contribution is 0.628. The molecule has 24 heavy (non-hydrogen) atoms. The monoisotopic (exact) mass is 340 g/mol. The van der Waals surface area contributed by atoms with E-state index in [2.05, 4.69) is 23.0 Å². The van der Waals surface area contributed by atoms with Crippen molar-refractivity contribution in [3.8, 4) is 28.7 Å². The lowest BCUT2D eigenvalue weighted by atomic mass is 10.1. The Hall–Kier alpha value is -2.71. The van der Waals surface area contributed by atoms with Crippen LogP contribution in [-0.4, -0.2) is 14.5 Å². The van der Waals surface area contributed by atoms with Crippen molar-refractivity contribution in [1.82, 2.24) is 14.5 Å². The van der Waals surface area contributed by atoms with Crippen LogP contribution in [0, 0.1) is 17.1 Å². The number of aromatic nitrogens is 3. The number of halogens is 2. The van der Waals surface area contributed by atoms with Gasteiger partial charge in [-0.15, -0.1) is 0 Å². The minimum absolute atomic E-state index is 0.0754. The van der Waals surface area contributed by atoms with Crippen LogP contribution < -0.4 is 0 Å². The van der Waals surface area contributed by atoms with Gasteiger partial charge in [0.15, 0.2) is 0 Å². The third-order valence-corrected chi connectivity index (χ3v) is 3.93. The number of hydrogen-bond donors (Lipinski definition) is 0. The number of imidazole rings is 1. The fraction of sp³-hybridized carbons (Fsp3) is 0.167. The van der Waals surface area contributed by atoms with Gasteiger partial charge in [-0.2, -0.15) is 5.26 Å². The highest BCUT2D eigenvalue weighted by atomic mass is 35.5. The molecule has 0 unspecified atom stereocenters. The van der Waals surface area contributed by atoms with Gasteiger partial charge in [0.25, 0.3) is 0 Å². The van der Waals surface area contributed by atoms with Crippen LogP contribution in [0.2, 0.25) is 5.02 Å². The standard InChI is InChI=1S/C18H14ClFN4/c1-2-7-24-11-23-17(16-8-12(10-21)5-6-22-16)18(24)13-3-4-14(19)15(20)9-13/h3-6,8-9,11H,2,7H2,1H3. The predicted molar refractivity (Wildman–Crippen MR) is 90.9 cm³/mol. The van der Waals surface area contributed by atoms with E-state index in [0.29, 0.717) is 22.5 Å². The third kappa shape index (κ3) is 3.01. The minimum atomic E-state index is -0.483. The summed E-state index contributed by atoms with van der Waals surface area (Å²) in [5.74, 6) is -0.483. The van der Waals surface area contributed by atoms with Crippen molar-refractivity contribution in [3.05, 3.63) is 59.3 Å². The summed E-state index contributed by atoms with van der Waals surface area (Å²) in [5, 5.41) is 9.16. The van der Waals surface area contributed by atoms with Gasteiger partial charge in [0, 0.05) is 18.3 Å². The van der Waals surface area contributed by atoms with E-state index >= 15 is 0 Å². The molecule has 0 spiro atoms. The van der Waals surface area contributed by atoms with Crippen LogP contribution >= 0.6 is 11.6 Å². The van der Waals surface area contributed by atoms with E-state index < -0.39 is 5.82 Å². The van der Waals surface area contributed by atoms with Crippen LogP contribution in [0.5, 0.6) is 0 Å². The molecule has 0 saturated carbocycles. The predicted octanol–water partition coefficient (Wildman–Crippen LogP) is 4.69. The summed E-state index contributed by atoms with van der Waals surface area (Å²) >= 11 is 5.79. The van der Waals surface area contributed by atoms with Crippen LogP contribution in [-0.2, 0) is 6.54 Å². The van der Waals surface area contributed by atoms with Crippen molar-refractivity contribution < 1.29 is 4.39 Å². The molecule has 0 N–H and O–H groups in total. The summed E-state index contributed by atoms with van der Waals surface area (Å²) in [6, 6.07) is 10.1. The molecular weight excluding hydrogens is 327 g/mol. The first-order valence-corrected chi connectivity index (χ1v) is 7.89. The molecule has 0 radical (unpaired) electrons. The number of nitriles is 1. The highest BCUT2D eigenvalue weighted by Gasteiger charge is 2.17. The van der Waals surface area contributed by atoms with Gasteiger partial charge in [0.1, 0.15) is 11.5 Å². The molecule has 2 aromatic heterocycles. The Bertz CT molecular complexity index is 927. The summed E-state index contributed by atoms with van der Waals surface area (Å²) in [6.45, 7) is 2.80. The van der Waals surface area contributed by atoms with Crippen molar-refractivity contribution in [2.75, 3.05) is 0 Å². The molecule has 0 amide bonds. The van der Waals surface area contributed by atoms with Gasteiger partial charge in [0.05, 0.1) is 34.4 Å². The Labute approximate surface area is 144 Å². The maximum atomic E-state index is 13.9. The zero-order valence-electron chi connectivity index (χ0n) is 13.0. The normalized spacial score (nSPS) is 10.6. The molecule has 1 aromatic carbocycles. The zero-order chi connectivity index (χ0) is 17.1. The largest absolute Gasteiger partial charge is 0.330 e. The fourth-order valence-electron chi connectivity index (χ4n) is 2.56. The van der Waals surface area contributed by atoms with E-state index in [1.807, 2.05) is 4.57 Å². The molecule has 0 aliphatic carbocycles. The van der Waals surface area contributed by atoms with Gasteiger partial charge in [-0.05, 0) is 30.7 Å². The van der Waals surface area contributed by atoms with Gasteiger partial charge in [0.2, 0.25) is 0 Å². The van der Waals surface area contributed by atoms with Crippen molar-refractivity contribution in [2.24, 2.45) is 0 Å². The smallest absolute Gasteiger partial charge is 0.142 e. The third-order valence-electron chi connectivity index (χ3n) is 3.63. The molecule has 4 nitrogen and oxygen atoms in total. The second kappa shape index (κ2) is 6.81. The molecule has 0 bridgehead atoms. The average Bonchev–Trinajstić information content (AvgIpc) is 3.01. The van der Waals surface area contributed by atoms with Crippen molar-refractivity contribution in [1.29, 1.82) is 5.26 Å². The van der Waals surface area contributed by atoms with Crippen molar-refractivity contribution >= 4 is 11.6 Å². The first kappa shape index (κ1) is 16.2. The van der Waals surface area contributed by atoms with Gasteiger partial charge in [-0.25, -0.2) is 9.37 Å². The highest BCUT2D eigenvalue weighted by Crippen LogP contribution is 2.32. The Balaban J connectivity index is 2.20. The zero-order valence-corrected chi connectivity index (χ0v) is 13.8. The molecule has 0 aliphatic heterocycles. The molecular formula is C18H14ClFN4. The Morgan fingerprint density at radius 2 is 2.08 bits per heavy atom. The highest BCUT2D eigenvalue weighted by molar-refractivity contribution is 6.30.